The number of unbranched alkanes of at least 4 members (excludes halogenated alkanes) is 7. The first-order chi connectivity index (χ1) is 7.98. The van der Waals surface area contributed by atoms with Crippen LogP contribution in [0.2, 0.25) is 0 Å². The van der Waals surface area contributed by atoms with E-state index in [0.29, 0.717) is 6.42 Å². The lowest BCUT2D eigenvalue weighted by Crippen LogP contribution is -2.16. The van der Waals surface area contributed by atoms with Gasteiger partial charge in [-0.15, -0.1) is 12.4 Å². The van der Waals surface area contributed by atoms with E-state index in [4.69, 9.17) is 5.11 Å². The summed E-state index contributed by atoms with van der Waals surface area (Å²) in [6.07, 6.45) is 11.8. The van der Waals surface area contributed by atoms with E-state index in [1.54, 1.807) is 0 Å². The van der Waals surface area contributed by atoms with Crippen molar-refractivity contribution >= 4 is 18.4 Å². The van der Waals surface area contributed by atoms with Gasteiger partial charge in [-0.25, -0.2) is 0 Å². The molecule has 0 aromatic rings. The molecule has 0 aliphatic rings. The van der Waals surface area contributed by atoms with E-state index >= 15 is 0 Å². The van der Waals surface area contributed by atoms with Crippen molar-refractivity contribution in [1.29, 1.82) is 0 Å². The summed E-state index contributed by atoms with van der Waals surface area (Å²) in [6, 6.07) is 0. The Hall–Kier alpha value is -0.240. The highest BCUT2D eigenvalue weighted by atomic mass is 35.5. The van der Waals surface area contributed by atoms with E-state index in [0.717, 1.165) is 6.42 Å². The Balaban J connectivity index is 0. The summed E-state index contributed by atoms with van der Waals surface area (Å²) in [4.78, 5) is 10.7. The molecule has 0 heterocycles. The maximum absolute atomic E-state index is 10.7. The molecule has 1 N–H and O–H groups in total. The van der Waals surface area contributed by atoms with E-state index in [2.05, 4.69) is 20.8 Å². The minimum absolute atomic E-state index is 0. The fourth-order valence-electron chi connectivity index (χ4n) is 2.24. The first-order valence-electron chi connectivity index (χ1n) is 7.20. The fourth-order valence-corrected chi connectivity index (χ4v) is 2.24. The Morgan fingerprint density at radius 2 is 1.39 bits per heavy atom. The van der Waals surface area contributed by atoms with Crippen LogP contribution in [0.15, 0.2) is 0 Å². The summed E-state index contributed by atoms with van der Waals surface area (Å²) < 4.78 is 0. The van der Waals surface area contributed by atoms with Crippen LogP contribution < -0.4 is 0 Å². The van der Waals surface area contributed by atoms with Crippen LogP contribution in [-0.4, -0.2) is 11.1 Å². The fraction of sp³-hybridized carbons (Fsp3) is 0.933. The maximum atomic E-state index is 10.7. The molecule has 0 atom stereocenters. The SMILES string of the molecule is CCCCCCCCCCC(C)(C)CC(=O)O.Cl. The summed E-state index contributed by atoms with van der Waals surface area (Å²) in [5.74, 6) is -0.672. The third kappa shape index (κ3) is 13.8. The highest BCUT2D eigenvalue weighted by molar-refractivity contribution is 5.85. The van der Waals surface area contributed by atoms with Gasteiger partial charge in [-0.1, -0.05) is 72.1 Å². The standard InChI is InChI=1S/C15H30O2.ClH/c1-4-5-6-7-8-9-10-11-12-15(2,3)13-14(16)17;/h4-13H2,1-3H3,(H,16,17);1H. The van der Waals surface area contributed by atoms with E-state index in [1.807, 2.05) is 0 Å². The molecule has 3 heteroatoms. The largest absolute Gasteiger partial charge is 0.481 e. The Morgan fingerprint density at radius 1 is 0.944 bits per heavy atom. The van der Waals surface area contributed by atoms with Crippen molar-refractivity contribution in [2.24, 2.45) is 5.41 Å². The van der Waals surface area contributed by atoms with Gasteiger partial charge in [0.25, 0.3) is 0 Å². The van der Waals surface area contributed by atoms with Crippen molar-refractivity contribution in [3.63, 3.8) is 0 Å². The van der Waals surface area contributed by atoms with Crippen LogP contribution in [-0.2, 0) is 4.79 Å². The summed E-state index contributed by atoms with van der Waals surface area (Å²) in [6.45, 7) is 6.36. The van der Waals surface area contributed by atoms with Gasteiger partial charge in [0.2, 0.25) is 0 Å². The first kappa shape index (κ1) is 20.1. The lowest BCUT2D eigenvalue weighted by molar-refractivity contribution is -0.139. The molecule has 110 valence electrons. The molecular formula is C15H31ClO2. The Morgan fingerprint density at radius 3 is 1.83 bits per heavy atom. The quantitative estimate of drug-likeness (QED) is 0.511. The lowest BCUT2D eigenvalue weighted by Gasteiger charge is -2.21. The molecule has 0 saturated heterocycles. The first-order valence-corrected chi connectivity index (χ1v) is 7.20. The molecule has 0 rings (SSSR count). The topological polar surface area (TPSA) is 37.3 Å². The molecule has 0 fully saturated rings. The summed E-state index contributed by atoms with van der Waals surface area (Å²) in [5.41, 5.74) is -0.0337. The smallest absolute Gasteiger partial charge is 0.303 e. The number of hydrogen-bond donors (Lipinski definition) is 1. The molecule has 0 aliphatic heterocycles. The van der Waals surface area contributed by atoms with Gasteiger partial charge >= 0.3 is 5.97 Å². The minimum atomic E-state index is -0.672. The van der Waals surface area contributed by atoms with Crippen molar-refractivity contribution in [2.75, 3.05) is 0 Å². The highest BCUT2D eigenvalue weighted by Gasteiger charge is 2.20. The van der Waals surface area contributed by atoms with Crippen LogP contribution in [0.5, 0.6) is 0 Å². The van der Waals surface area contributed by atoms with Crippen molar-refractivity contribution in [3.8, 4) is 0 Å². The van der Waals surface area contributed by atoms with Crippen LogP contribution in [0.1, 0.15) is 85.0 Å². The number of rotatable bonds is 11. The van der Waals surface area contributed by atoms with E-state index < -0.39 is 5.97 Å². The highest BCUT2D eigenvalue weighted by Crippen LogP contribution is 2.27. The molecular weight excluding hydrogens is 248 g/mol. The number of carboxylic acids is 1. The maximum Gasteiger partial charge on any atom is 0.303 e. The number of aliphatic carboxylic acids is 1. The number of halogens is 1. The third-order valence-corrected chi connectivity index (χ3v) is 3.34. The van der Waals surface area contributed by atoms with Gasteiger partial charge in [-0.2, -0.15) is 0 Å². The number of hydrogen-bond acceptors (Lipinski definition) is 1. The van der Waals surface area contributed by atoms with E-state index in [9.17, 15) is 4.79 Å². The van der Waals surface area contributed by atoms with Gasteiger partial charge in [-0.05, 0) is 11.8 Å². The average molecular weight is 279 g/mol. The summed E-state index contributed by atoms with van der Waals surface area (Å²) in [5, 5.41) is 8.77. The predicted octanol–water partition coefficient (Wildman–Crippen LogP) is 5.44. The summed E-state index contributed by atoms with van der Waals surface area (Å²) >= 11 is 0. The van der Waals surface area contributed by atoms with Gasteiger partial charge in [0.15, 0.2) is 0 Å². The lowest BCUT2D eigenvalue weighted by atomic mass is 9.83. The minimum Gasteiger partial charge on any atom is -0.481 e. The van der Waals surface area contributed by atoms with Gasteiger partial charge in [0, 0.05) is 0 Å². The van der Waals surface area contributed by atoms with Crippen LogP contribution in [0.3, 0.4) is 0 Å². The molecule has 0 amide bonds. The molecule has 0 radical (unpaired) electrons. The molecule has 0 aliphatic carbocycles. The Labute approximate surface area is 119 Å². The van der Waals surface area contributed by atoms with Crippen LogP contribution >= 0.6 is 12.4 Å². The monoisotopic (exact) mass is 278 g/mol. The second kappa shape index (κ2) is 11.8. The zero-order valence-electron chi connectivity index (χ0n) is 12.3. The van der Waals surface area contributed by atoms with Crippen LogP contribution in [0.25, 0.3) is 0 Å². The van der Waals surface area contributed by atoms with Crippen molar-refractivity contribution in [3.05, 3.63) is 0 Å². The van der Waals surface area contributed by atoms with Gasteiger partial charge in [0.05, 0.1) is 6.42 Å². The average Bonchev–Trinajstić information content (AvgIpc) is 2.20. The predicted molar refractivity (Wildman–Crippen MR) is 80.5 cm³/mol. The molecule has 0 spiro atoms. The van der Waals surface area contributed by atoms with Gasteiger partial charge < -0.3 is 5.11 Å². The van der Waals surface area contributed by atoms with Crippen molar-refractivity contribution in [1.82, 2.24) is 0 Å². The van der Waals surface area contributed by atoms with Gasteiger partial charge in [0.1, 0.15) is 0 Å². The number of carboxylic acid groups (broad SMARTS) is 1. The summed E-state index contributed by atoms with van der Waals surface area (Å²) in [7, 11) is 0. The molecule has 0 aromatic carbocycles. The normalized spacial score (nSPS) is 11.1. The van der Waals surface area contributed by atoms with E-state index in [-0.39, 0.29) is 17.8 Å². The zero-order valence-corrected chi connectivity index (χ0v) is 13.2. The zero-order chi connectivity index (χ0) is 13.1. The molecule has 0 bridgehead atoms. The molecule has 0 saturated carbocycles. The second-order valence-electron chi connectivity index (χ2n) is 5.96. The number of carbonyl (C=O) groups is 1. The van der Waals surface area contributed by atoms with Crippen LogP contribution in [0.4, 0.5) is 0 Å². The van der Waals surface area contributed by atoms with Crippen molar-refractivity contribution < 1.29 is 9.90 Å². The van der Waals surface area contributed by atoms with Crippen LogP contribution in [0, 0.1) is 5.41 Å². The molecule has 0 unspecified atom stereocenters. The molecule has 18 heavy (non-hydrogen) atoms. The van der Waals surface area contributed by atoms with Gasteiger partial charge in [-0.3, -0.25) is 4.79 Å². The van der Waals surface area contributed by atoms with Crippen molar-refractivity contribution in [2.45, 2.75) is 85.0 Å². The third-order valence-electron chi connectivity index (χ3n) is 3.34. The molecule has 0 aromatic heterocycles. The van der Waals surface area contributed by atoms with E-state index in [1.165, 1.54) is 51.4 Å². The Bertz CT molecular complexity index is 203. The second-order valence-corrected chi connectivity index (χ2v) is 5.96. The molecule has 2 nitrogen and oxygen atoms in total. The Kier molecular flexibility index (Phi) is 13.2.